The molecule has 0 bridgehead atoms. The Morgan fingerprint density at radius 2 is 1.80 bits per heavy atom. The standard InChI is InChI=1S/C17H19N3/c1-11-7-6-9-13(12(11)2)17-19-16(18)14-8-4-5-10-15(14)20(17)3/h4-10,17H,1-3H3,(H2,18,19). The predicted molar refractivity (Wildman–Crippen MR) is 84.2 cm³/mol. The van der Waals surface area contributed by atoms with Crippen LogP contribution in [0.1, 0.15) is 28.4 Å². The highest BCUT2D eigenvalue weighted by Gasteiger charge is 2.26. The molecule has 0 aliphatic carbocycles. The molecule has 0 radical (unpaired) electrons. The molecule has 0 saturated heterocycles. The van der Waals surface area contributed by atoms with Crippen LogP contribution in [-0.2, 0) is 0 Å². The topological polar surface area (TPSA) is 41.6 Å². The number of benzene rings is 2. The SMILES string of the molecule is Cc1cccc(C2N=C(N)c3ccccc3N2C)c1C. The molecule has 3 nitrogen and oxygen atoms in total. The molecule has 1 aliphatic rings. The first-order valence-electron chi connectivity index (χ1n) is 6.81. The summed E-state index contributed by atoms with van der Waals surface area (Å²) in [7, 11) is 2.07. The Morgan fingerprint density at radius 1 is 1.05 bits per heavy atom. The fourth-order valence-electron chi connectivity index (χ4n) is 2.75. The first kappa shape index (κ1) is 12.7. The van der Waals surface area contributed by atoms with Crippen molar-refractivity contribution in [1.82, 2.24) is 0 Å². The summed E-state index contributed by atoms with van der Waals surface area (Å²) in [5.41, 5.74) is 12.1. The van der Waals surface area contributed by atoms with E-state index in [1.807, 2.05) is 18.2 Å². The Bertz CT molecular complexity index is 688. The van der Waals surface area contributed by atoms with Gasteiger partial charge in [-0.2, -0.15) is 0 Å². The molecule has 0 saturated carbocycles. The summed E-state index contributed by atoms with van der Waals surface area (Å²) in [5, 5.41) is 0. The van der Waals surface area contributed by atoms with E-state index < -0.39 is 0 Å². The van der Waals surface area contributed by atoms with Crippen LogP contribution in [0.4, 0.5) is 5.69 Å². The molecule has 3 rings (SSSR count). The number of amidine groups is 1. The van der Waals surface area contributed by atoms with Crippen LogP contribution in [0.5, 0.6) is 0 Å². The maximum absolute atomic E-state index is 6.15. The Hall–Kier alpha value is -2.29. The van der Waals surface area contributed by atoms with Gasteiger partial charge in [0.25, 0.3) is 0 Å². The number of anilines is 1. The predicted octanol–water partition coefficient (Wildman–Crippen LogP) is 3.16. The van der Waals surface area contributed by atoms with E-state index in [-0.39, 0.29) is 6.17 Å². The zero-order chi connectivity index (χ0) is 14.3. The van der Waals surface area contributed by atoms with Crippen LogP contribution >= 0.6 is 0 Å². The van der Waals surface area contributed by atoms with Gasteiger partial charge in [0.15, 0.2) is 0 Å². The van der Waals surface area contributed by atoms with Crippen LogP contribution in [0.3, 0.4) is 0 Å². The molecule has 1 unspecified atom stereocenters. The van der Waals surface area contributed by atoms with Crippen molar-refractivity contribution in [3.63, 3.8) is 0 Å². The quantitative estimate of drug-likeness (QED) is 0.860. The minimum atomic E-state index is -0.0511. The van der Waals surface area contributed by atoms with Crippen LogP contribution in [0, 0.1) is 13.8 Å². The summed E-state index contributed by atoms with van der Waals surface area (Å²) in [6.45, 7) is 4.27. The van der Waals surface area contributed by atoms with E-state index in [9.17, 15) is 0 Å². The maximum Gasteiger partial charge on any atom is 0.149 e. The summed E-state index contributed by atoms with van der Waals surface area (Å²) in [6, 6.07) is 14.5. The average molecular weight is 265 g/mol. The van der Waals surface area contributed by atoms with E-state index in [2.05, 4.69) is 50.1 Å². The fourth-order valence-corrected chi connectivity index (χ4v) is 2.75. The van der Waals surface area contributed by atoms with Crippen molar-refractivity contribution < 1.29 is 0 Å². The van der Waals surface area contributed by atoms with Crippen LogP contribution < -0.4 is 10.6 Å². The second-order valence-corrected chi connectivity index (χ2v) is 5.31. The van der Waals surface area contributed by atoms with Gasteiger partial charge in [0.05, 0.1) is 0 Å². The highest BCUT2D eigenvalue weighted by molar-refractivity contribution is 6.04. The van der Waals surface area contributed by atoms with Crippen molar-refractivity contribution in [1.29, 1.82) is 0 Å². The van der Waals surface area contributed by atoms with Crippen molar-refractivity contribution >= 4 is 11.5 Å². The number of nitrogens with zero attached hydrogens (tertiary/aromatic N) is 2. The third kappa shape index (κ3) is 1.86. The Labute approximate surface area is 119 Å². The van der Waals surface area contributed by atoms with E-state index >= 15 is 0 Å². The van der Waals surface area contributed by atoms with E-state index in [4.69, 9.17) is 10.7 Å². The molecule has 3 heteroatoms. The highest BCUT2D eigenvalue weighted by Crippen LogP contribution is 2.35. The summed E-state index contributed by atoms with van der Waals surface area (Å²) in [5.74, 6) is 0.615. The van der Waals surface area contributed by atoms with E-state index in [0.29, 0.717) is 5.84 Å². The smallest absolute Gasteiger partial charge is 0.149 e. The molecular weight excluding hydrogens is 246 g/mol. The Balaban J connectivity index is 2.14. The lowest BCUT2D eigenvalue weighted by atomic mass is 9.98. The molecule has 2 N–H and O–H groups in total. The lowest BCUT2D eigenvalue weighted by Gasteiger charge is -2.34. The van der Waals surface area contributed by atoms with E-state index in [1.54, 1.807) is 0 Å². The fraction of sp³-hybridized carbons (Fsp3) is 0.235. The Kier molecular flexibility index (Phi) is 2.97. The van der Waals surface area contributed by atoms with Gasteiger partial charge in [0.2, 0.25) is 0 Å². The first-order valence-corrected chi connectivity index (χ1v) is 6.81. The molecule has 0 fully saturated rings. The van der Waals surface area contributed by atoms with Gasteiger partial charge in [-0.3, -0.25) is 0 Å². The van der Waals surface area contributed by atoms with Crippen LogP contribution in [-0.4, -0.2) is 12.9 Å². The lowest BCUT2D eigenvalue weighted by molar-refractivity contribution is 0.691. The molecular formula is C17H19N3. The highest BCUT2D eigenvalue weighted by atomic mass is 15.3. The lowest BCUT2D eigenvalue weighted by Crippen LogP contribution is -2.33. The molecule has 1 aliphatic heterocycles. The number of para-hydroxylation sites is 1. The van der Waals surface area contributed by atoms with Gasteiger partial charge in [-0.15, -0.1) is 0 Å². The Morgan fingerprint density at radius 3 is 2.60 bits per heavy atom. The molecule has 1 atom stereocenters. The van der Waals surface area contributed by atoms with Gasteiger partial charge >= 0.3 is 0 Å². The van der Waals surface area contributed by atoms with Gasteiger partial charge in [0.1, 0.15) is 12.0 Å². The monoisotopic (exact) mass is 265 g/mol. The number of aliphatic imine (C=N–C) groups is 1. The van der Waals surface area contributed by atoms with Crippen molar-refractivity contribution in [2.75, 3.05) is 11.9 Å². The number of aryl methyl sites for hydroxylation is 1. The third-order valence-corrected chi connectivity index (χ3v) is 4.11. The third-order valence-electron chi connectivity index (χ3n) is 4.11. The van der Waals surface area contributed by atoms with Crippen molar-refractivity contribution in [2.45, 2.75) is 20.0 Å². The summed E-state index contributed by atoms with van der Waals surface area (Å²) < 4.78 is 0. The number of hydrogen-bond donors (Lipinski definition) is 1. The van der Waals surface area contributed by atoms with Gasteiger partial charge in [0, 0.05) is 18.3 Å². The number of nitrogens with two attached hydrogens (primary N) is 1. The number of rotatable bonds is 1. The van der Waals surface area contributed by atoms with Gasteiger partial charge < -0.3 is 10.6 Å². The summed E-state index contributed by atoms with van der Waals surface area (Å²) in [4.78, 5) is 6.89. The minimum absolute atomic E-state index is 0.0511. The van der Waals surface area contributed by atoms with Crippen molar-refractivity contribution in [3.05, 3.63) is 64.7 Å². The van der Waals surface area contributed by atoms with Crippen molar-refractivity contribution in [3.8, 4) is 0 Å². The molecule has 2 aromatic rings. The molecule has 2 aromatic carbocycles. The normalized spacial score (nSPS) is 17.6. The minimum Gasteiger partial charge on any atom is -0.383 e. The molecule has 20 heavy (non-hydrogen) atoms. The summed E-state index contributed by atoms with van der Waals surface area (Å²) in [6.07, 6.45) is -0.0511. The molecule has 0 amide bonds. The second-order valence-electron chi connectivity index (χ2n) is 5.31. The largest absolute Gasteiger partial charge is 0.383 e. The molecule has 1 heterocycles. The second kappa shape index (κ2) is 4.67. The van der Waals surface area contributed by atoms with E-state index in [0.717, 1.165) is 11.3 Å². The van der Waals surface area contributed by atoms with Gasteiger partial charge in [-0.1, -0.05) is 30.3 Å². The van der Waals surface area contributed by atoms with Crippen LogP contribution in [0.2, 0.25) is 0 Å². The average Bonchev–Trinajstić information content (AvgIpc) is 2.46. The first-order chi connectivity index (χ1) is 9.59. The maximum atomic E-state index is 6.15. The van der Waals surface area contributed by atoms with Gasteiger partial charge in [-0.05, 0) is 42.7 Å². The molecule has 0 aromatic heterocycles. The van der Waals surface area contributed by atoms with E-state index in [1.165, 1.54) is 16.7 Å². The summed E-state index contributed by atoms with van der Waals surface area (Å²) >= 11 is 0. The zero-order valence-corrected chi connectivity index (χ0v) is 12.1. The number of hydrogen-bond acceptors (Lipinski definition) is 3. The van der Waals surface area contributed by atoms with Gasteiger partial charge in [-0.25, -0.2) is 4.99 Å². The van der Waals surface area contributed by atoms with Crippen molar-refractivity contribution in [2.24, 2.45) is 10.7 Å². The molecule has 102 valence electrons. The van der Waals surface area contributed by atoms with Crippen LogP contribution in [0.25, 0.3) is 0 Å². The number of fused-ring (bicyclic) bond motifs is 1. The van der Waals surface area contributed by atoms with Crippen LogP contribution in [0.15, 0.2) is 47.5 Å². The zero-order valence-electron chi connectivity index (χ0n) is 12.1. The molecule has 0 spiro atoms.